The third kappa shape index (κ3) is 4.02. The minimum atomic E-state index is -0.219. The predicted molar refractivity (Wildman–Crippen MR) is 114 cm³/mol. The second-order valence-corrected chi connectivity index (χ2v) is 7.76. The van der Waals surface area contributed by atoms with Crippen molar-refractivity contribution in [2.24, 2.45) is 4.99 Å². The zero-order valence-electron chi connectivity index (χ0n) is 16.1. The van der Waals surface area contributed by atoms with Crippen LogP contribution in [0.5, 0.6) is 0 Å². The summed E-state index contributed by atoms with van der Waals surface area (Å²) in [6.45, 7) is 2.81. The second kappa shape index (κ2) is 8.52. The van der Waals surface area contributed by atoms with E-state index in [4.69, 9.17) is 26.1 Å². The van der Waals surface area contributed by atoms with Crippen LogP contribution in [-0.2, 0) is 22.4 Å². The number of para-hydroxylation sites is 1. The Labute approximate surface area is 171 Å². The summed E-state index contributed by atoms with van der Waals surface area (Å²) in [4.78, 5) is 5.11. The molecule has 0 unspecified atom stereocenters. The van der Waals surface area contributed by atoms with Crippen molar-refractivity contribution in [2.75, 3.05) is 32.2 Å². The third-order valence-corrected chi connectivity index (χ3v) is 5.68. The van der Waals surface area contributed by atoms with Crippen molar-refractivity contribution in [3.8, 4) is 0 Å². The van der Waals surface area contributed by atoms with E-state index >= 15 is 0 Å². The lowest BCUT2D eigenvalue weighted by Crippen LogP contribution is -2.56. The molecule has 4 rings (SSSR count). The summed E-state index contributed by atoms with van der Waals surface area (Å²) < 4.78 is 10.9. The number of aliphatic imine (C=N–C) groups is 1. The van der Waals surface area contributed by atoms with Crippen LogP contribution in [-0.4, -0.2) is 38.3 Å². The van der Waals surface area contributed by atoms with E-state index in [1.807, 2.05) is 18.2 Å². The van der Waals surface area contributed by atoms with E-state index in [0.717, 1.165) is 60.3 Å². The molecule has 1 saturated heterocycles. The molecule has 0 atom stereocenters. The number of nitrogens with one attached hydrogen (secondary N) is 2. The number of rotatable bonds is 5. The molecule has 0 amide bonds. The van der Waals surface area contributed by atoms with Crippen LogP contribution in [0.1, 0.15) is 24.0 Å². The van der Waals surface area contributed by atoms with Crippen LogP contribution in [0, 0.1) is 0 Å². The molecule has 6 heteroatoms. The minimum Gasteiger partial charge on any atom is -0.384 e. The molecular weight excluding hydrogens is 374 g/mol. The van der Waals surface area contributed by atoms with Crippen molar-refractivity contribution in [3.05, 3.63) is 58.6 Å². The standard InChI is InChI=1S/C22H26ClN3O2/c1-27-11-8-17-5-3-7-19-20(17)25-21(22(26-19)9-12-28-13-10-22)24-15-16-4-2-6-18(23)14-16/h2-7,14,26H,8-13,15H2,1H3,(H,24,25). The molecule has 1 fully saturated rings. The second-order valence-electron chi connectivity index (χ2n) is 7.32. The maximum Gasteiger partial charge on any atom is 0.129 e. The molecule has 2 aromatic carbocycles. The van der Waals surface area contributed by atoms with Crippen LogP contribution >= 0.6 is 11.6 Å². The number of hydrogen-bond acceptors (Lipinski definition) is 5. The molecule has 0 saturated carbocycles. The summed E-state index contributed by atoms with van der Waals surface area (Å²) in [7, 11) is 1.73. The van der Waals surface area contributed by atoms with E-state index < -0.39 is 0 Å². The molecule has 2 heterocycles. The lowest BCUT2D eigenvalue weighted by Gasteiger charge is -2.43. The Morgan fingerprint density at radius 2 is 2.04 bits per heavy atom. The molecule has 148 valence electrons. The molecule has 28 heavy (non-hydrogen) atoms. The van der Waals surface area contributed by atoms with Gasteiger partial charge >= 0.3 is 0 Å². The number of amidine groups is 1. The summed E-state index contributed by atoms with van der Waals surface area (Å²) >= 11 is 6.15. The highest BCUT2D eigenvalue weighted by Crippen LogP contribution is 2.40. The van der Waals surface area contributed by atoms with E-state index in [1.165, 1.54) is 5.56 Å². The average Bonchev–Trinajstić information content (AvgIpc) is 2.71. The van der Waals surface area contributed by atoms with E-state index in [0.29, 0.717) is 13.2 Å². The van der Waals surface area contributed by atoms with Gasteiger partial charge in [0.05, 0.1) is 23.5 Å². The van der Waals surface area contributed by atoms with Crippen molar-refractivity contribution < 1.29 is 9.47 Å². The first-order valence-electron chi connectivity index (χ1n) is 9.74. The molecule has 0 radical (unpaired) electrons. The Bertz CT molecular complexity index is 863. The number of benzene rings is 2. The summed E-state index contributed by atoms with van der Waals surface area (Å²) in [6, 6.07) is 14.2. The van der Waals surface area contributed by atoms with Crippen molar-refractivity contribution in [1.82, 2.24) is 5.32 Å². The zero-order valence-corrected chi connectivity index (χ0v) is 16.9. The lowest BCUT2D eigenvalue weighted by molar-refractivity contribution is 0.0771. The summed E-state index contributed by atoms with van der Waals surface area (Å²) in [5.74, 6) is 0.980. The van der Waals surface area contributed by atoms with Gasteiger partial charge in [-0.1, -0.05) is 35.9 Å². The van der Waals surface area contributed by atoms with E-state index in [2.05, 4.69) is 34.9 Å². The molecule has 2 N–H and O–H groups in total. The van der Waals surface area contributed by atoms with Crippen LogP contribution in [0.25, 0.3) is 0 Å². The van der Waals surface area contributed by atoms with Gasteiger partial charge in [0.25, 0.3) is 0 Å². The van der Waals surface area contributed by atoms with Gasteiger partial charge < -0.3 is 20.1 Å². The molecular formula is C22H26ClN3O2. The van der Waals surface area contributed by atoms with Crippen LogP contribution < -0.4 is 10.6 Å². The van der Waals surface area contributed by atoms with Gasteiger partial charge in [-0.2, -0.15) is 0 Å². The fourth-order valence-corrected chi connectivity index (χ4v) is 4.11. The van der Waals surface area contributed by atoms with Gasteiger partial charge in [-0.25, -0.2) is 4.99 Å². The number of halogens is 1. The fourth-order valence-electron chi connectivity index (χ4n) is 3.90. The van der Waals surface area contributed by atoms with E-state index in [1.54, 1.807) is 7.11 Å². The van der Waals surface area contributed by atoms with Crippen LogP contribution in [0.2, 0.25) is 5.02 Å². The molecule has 0 aromatic heterocycles. The highest BCUT2D eigenvalue weighted by Gasteiger charge is 2.41. The van der Waals surface area contributed by atoms with Gasteiger partial charge in [0, 0.05) is 44.7 Å². The maximum atomic E-state index is 6.15. The third-order valence-electron chi connectivity index (χ3n) is 5.44. The number of fused-ring (bicyclic) bond motifs is 1. The number of anilines is 1. The normalized spacial score (nSPS) is 17.6. The molecule has 2 aliphatic heterocycles. The van der Waals surface area contributed by atoms with Crippen molar-refractivity contribution >= 4 is 28.8 Å². The Hall–Kier alpha value is -2.08. The first kappa shape index (κ1) is 19.2. The average molecular weight is 400 g/mol. The molecule has 1 spiro atoms. The Morgan fingerprint density at radius 3 is 2.82 bits per heavy atom. The quantitative estimate of drug-likeness (QED) is 0.786. The first-order valence-corrected chi connectivity index (χ1v) is 10.1. The molecule has 0 bridgehead atoms. The Kier molecular flexibility index (Phi) is 5.85. The van der Waals surface area contributed by atoms with Crippen LogP contribution in [0.4, 0.5) is 11.4 Å². The van der Waals surface area contributed by atoms with Gasteiger partial charge in [0.15, 0.2) is 0 Å². The van der Waals surface area contributed by atoms with Crippen LogP contribution in [0.3, 0.4) is 0 Å². The van der Waals surface area contributed by atoms with Gasteiger partial charge in [-0.3, -0.25) is 0 Å². The molecule has 2 aromatic rings. The van der Waals surface area contributed by atoms with Gasteiger partial charge in [0.2, 0.25) is 0 Å². The van der Waals surface area contributed by atoms with Gasteiger partial charge in [-0.05, 0) is 35.7 Å². The molecule has 2 aliphatic rings. The number of ether oxygens (including phenoxy) is 2. The van der Waals surface area contributed by atoms with Crippen molar-refractivity contribution in [2.45, 2.75) is 31.3 Å². The SMILES string of the molecule is COCCc1cccc2c1N=C(NCc1cccc(Cl)c1)C1(CCOCC1)N2. The largest absolute Gasteiger partial charge is 0.384 e. The number of hydrogen-bond donors (Lipinski definition) is 2. The fraction of sp³-hybridized carbons (Fsp3) is 0.409. The maximum absolute atomic E-state index is 6.15. The molecule has 5 nitrogen and oxygen atoms in total. The monoisotopic (exact) mass is 399 g/mol. The highest BCUT2D eigenvalue weighted by atomic mass is 35.5. The number of methoxy groups -OCH3 is 1. The summed E-state index contributed by atoms with van der Waals surface area (Å²) in [6.07, 6.45) is 2.61. The smallest absolute Gasteiger partial charge is 0.129 e. The van der Waals surface area contributed by atoms with E-state index in [-0.39, 0.29) is 5.54 Å². The Morgan fingerprint density at radius 1 is 1.21 bits per heavy atom. The highest BCUT2D eigenvalue weighted by molar-refractivity contribution is 6.30. The summed E-state index contributed by atoms with van der Waals surface area (Å²) in [5.41, 5.74) is 4.20. The Balaban J connectivity index is 1.66. The van der Waals surface area contributed by atoms with Crippen molar-refractivity contribution in [3.63, 3.8) is 0 Å². The lowest BCUT2D eigenvalue weighted by atomic mass is 9.86. The van der Waals surface area contributed by atoms with Crippen molar-refractivity contribution in [1.29, 1.82) is 0 Å². The minimum absolute atomic E-state index is 0.219. The first-order chi connectivity index (χ1) is 13.7. The van der Waals surface area contributed by atoms with Gasteiger partial charge in [-0.15, -0.1) is 0 Å². The van der Waals surface area contributed by atoms with Gasteiger partial charge in [0.1, 0.15) is 5.84 Å². The summed E-state index contributed by atoms with van der Waals surface area (Å²) in [5, 5.41) is 8.12. The zero-order chi connectivity index (χ0) is 19.4. The van der Waals surface area contributed by atoms with E-state index in [9.17, 15) is 0 Å². The van der Waals surface area contributed by atoms with Crippen LogP contribution in [0.15, 0.2) is 47.5 Å². The predicted octanol–water partition coefficient (Wildman–Crippen LogP) is 4.32. The number of nitrogens with zero attached hydrogens (tertiary/aromatic N) is 1. The molecule has 0 aliphatic carbocycles. The topological polar surface area (TPSA) is 54.9 Å².